The van der Waals surface area contributed by atoms with Crippen molar-refractivity contribution < 1.29 is 19.1 Å². The van der Waals surface area contributed by atoms with Crippen molar-refractivity contribution in [3.8, 4) is 5.75 Å². The number of hydrogen-bond donors (Lipinski definition) is 1. The average Bonchev–Trinajstić information content (AvgIpc) is 2.89. The van der Waals surface area contributed by atoms with E-state index in [2.05, 4.69) is 19.2 Å². The molecule has 1 aromatic rings. The van der Waals surface area contributed by atoms with E-state index in [1.807, 2.05) is 39.8 Å². The summed E-state index contributed by atoms with van der Waals surface area (Å²) in [4.78, 5) is 38.3. The van der Waals surface area contributed by atoms with Crippen molar-refractivity contribution >= 4 is 34.9 Å². The number of ether oxygens (including phenoxy) is 1. The monoisotopic (exact) mass is 418 g/mol. The number of thioether (sulfide) groups is 1. The van der Waals surface area contributed by atoms with Gasteiger partial charge in [-0.2, -0.15) is 0 Å². The zero-order valence-corrected chi connectivity index (χ0v) is 18.8. The smallest absolute Gasteiger partial charge is 0.294 e. The Kier molecular flexibility index (Phi) is 7.90. The van der Waals surface area contributed by atoms with Gasteiger partial charge < -0.3 is 10.1 Å². The van der Waals surface area contributed by atoms with Crippen molar-refractivity contribution in [1.82, 2.24) is 10.2 Å². The molecule has 3 amide bonds. The van der Waals surface area contributed by atoms with Crippen LogP contribution in [0.25, 0.3) is 6.08 Å². The molecule has 2 rings (SSSR count). The zero-order chi connectivity index (χ0) is 21.7. The van der Waals surface area contributed by atoms with Gasteiger partial charge in [0.25, 0.3) is 11.1 Å². The lowest BCUT2D eigenvalue weighted by molar-refractivity contribution is -0.129. The van der Waals surface area contributed by atoms with E-state index in [4.69, 9.17) is 4.74 Å². The lowest BCUT2D eigenvalue weighted by Gasteiger charge is -2.16. The number of carbonyl (C=O) groups excluding carboxylic acids is 3. The van der Waals surface area contributed by atoms with Crippen LogP contribution in [-0.4, -0.2) is 41.6 Å². The van der Waals surface area contributed by atoms with Crippen LogP contribution in [0.5, 0.6) is 5.75 Å². The molecule has 1 heterocycles. The second-order valence-electron chi connectivity index (χ2n) is 7.80. The van der Waals surface area contributed by atoms with Gasteiger partial charge in [-0.1, -0.05) is 27.7 Å². The van der Waals surface area contributed by atoms with Crippen molar-refractivity contribution in [2.45, 2.75) is 47.5 Å². The van der Waals surface area contributed by atoms with Gasteiger partial charge in [0, 0.05) is 6.54 Å². The molecule has 29 heavy (non-hydrogen) atoms. The fourth-order valence-corrected chi connectivity index (χ4v) is 3.73. The van der Waals surface area contributed by atoms with Crippen LogP contribution in [0.2, 0.25) is 0 Å². The van der Waals surface area contributed by atoms with Crippen LogP contribution in [0.3, 0.4) is 0 Å². The standard InChI is InChI=1S/C22H30N2O4S/c1-7-28-18-8-15(6)16(9-17(18)14(4)5)10-19-21(26)24(22(27)29-19)12-20(25)23-11-13(2)3/h8-10,13-14H,7,11-12H2,1-6H3,(H,23,25)/b19-10-. The second-order valence-corrected chi connectivity index (χ2v) is 8.79. The maximum absolute atomic E-state index is 12.7. The molecule has 0 saturated carbocycles. The summed E-state index contributed by atoms with van der Waals surface area (Å²) in [6, 6.07) is 3.97. The van der Waals surface area contributed by atoms with Crippen LogP contribution in [0.1, 0.15) is 57.2 Å². The molecule has 0 aliphatic carbocycles. The number of carbonyl (C=O) groups is 3. The Labute approximate surface area is 177 Å². The molecule has 1 saturated heterocycles. The lowest BCUT2D eigenvalue weighted by Crippen LogP contribution is -2.40. The minimum atomic E-state index is -0.431. The van der Waals surface area contributed by atoms with Crippen LogP contribution in [0, 0.1) is 12.8 Å². The molecule has 1 aliphatic heterocycles. The average molecular weight is 419 g/mol. The Balaban J connectivity index is 2.24. The maximum atomic E-state index is 12.7. The molecule has 0 aromatic heterocycles. The normalized spacial score (nSPS) is 15.7. The first-order chi connectivity index (χ1) is 13.6. The number of imide groups is 1. The number of aryl methyl sites for hydroxylation is 1. The largest absolute Gasteiger partial charge is 0.494 e. The van der Waals surface area contributed by atoms with E-state index in [0.29, 0.717) is 24.0 Å². The number of nitrogens with zero attached hydrogens (tertiary/aromatic N) is 1. The van der Waals surface area contributed by atoms with E-state index in [1.165, 1.54) is 0 Å². The molecular weight excluding hydrogens is 388 g/mol. The maximum Gasteiger partial charge on any atom is 0.294 e. The molecule has 0 atom stereocenters. The third-order valence-electron chi connectivity index (χ3n) is 4.49. The van der Waals surface area contributed by atoms with Gasteiger partial charge in [-0.25, -0.2) is 0 Å². The summed E-state index contributed by atoms with van der Waals surface area (Å²) < 4.78 is 5.74. The van der Waals surface area contributed by atoms with E-state index >= 15 is 0 Å². The van der Waals surface area contributed by atoms with Gasteiger partial charge in [-0.05, 0) is 72.3 Å². The van der Waals surface area contributed by atoms with Crippen molar-refractivity contribution in [2.24, 2.45) is 5.92 Å². The number of benzene rings is 1. The molecule has 0 radical (unpaired) electrons. The fourth-order valence-electron chi connectivity index (χ4n) is 2.90. The van der Waals surface area contributed by atoms with E-state index < -0.39 is 11.1 Å². The molecular formula is C22H30N2O4S. The molecule has 1 fully saturated rings. The Morgan fingerprint density at radius 3 is 2.52 bits per heavy atom. The molecule has 0 spiro atoms. The molecule has 1 aromatic carbocycles. The Morgan fingerprint density at radius 1 is 1.24 bits per heavy atom. The van der Waals surface area contributed by atoms with Gasteiger partial charge in [0.2, 0.25) is 5.91 Å². The Hall–Kier alpha value is -2.28. The first kappa shape index (κ1) is 23.0. The van der Waals surface area contributed by atoms with Crippen LogP contribution in [0.4, 0.5) is 4.79 Å². The van der Waals surface area contributed by atoms with E-state index in [0.717, 1.165) is 39.1 Å². The zero-order valence-electron chi connectivity index (χ0n) is 18.0. The molecule has 6 nitrogen and oxygen atoms in total. The third kappa shape index (κ3) is 5.85. The summed E-state index contributed by atoms with van der Waals surface area (Å²) in [5, 5.41) is 2.31. The predicted molar refractivity (Wildman–Crippen MR) is 117 cm³/mol. The summed E-state index contributed by atoms with van der Waals surface area (Å²) in [7, 11) is 0. The summed E-state index contributed by atoms with van der Waals surface area (Å²) in [6.07, 6.45) is 1.73. The van der Waals surface area contributed by atoms with Gasteiger partial charge in [0.1, 0.15) is 12.3 Å². The molecule has 0 unspecified atom stereocenters. The summed E-state index contributed by atoms with van der Waals surface area (Å²) >= 11 is 0.868. The minimum Gasteiger partial charge on any atom is -0.494 e. The third-order valence-corrected chi connectivity index (χ3v) is 5.40. The molecule has 7 heteroatoms. The van der Waals surface area contributed by atoms with Crippen LogP contribution in [-0.2, 0) is 9.59 Å². The number of hydrogen-bond acceptors (Lipinski definition) is 5. The SMILES string of the molecule is CCOc1cc(C)c(/C=C2\SC(=O)N(CC(=O)NCC(C)C)C2=O)cc1C(C)C. The molecule has 0 bridgehead atoms. The number of rotatable bonds is 8. The number of amides is 3. The summed E-state index contributed by atoms with van der Waals surface area (Å²) in [5.74, 6) is 0.628. The van der Waals surface area contributed by atoms with Crippen LogP contribution < -0.4 is 10.1 Å². The van der Waals surface area contributed by atoms with Crippen molar-refractivity contribution in [1.29, 1.82) is 0 Å². The number of nitrogens with one attached hydrogen (secondary N) is 1. The Bertz CT molecular complexity index is 830. The van der Waals surface area contributed by atoms with Gasteiger partial charge in [-0.15, -0.1) is 0 Å². The summed E-state index contributed by atoms with van der Waals surface area (Å²) in [6.45, 7) is 12.9. The highest BCUT2D eigenvalue weighted by Gasteiger charge is 2.36. The van der Waals surface area contributed by atoms with E-state index in [9.17, 15) is 14.4 Å². The fraction of sp³-hybridized carbons (Fsp3) is 0.500. The van der Waals surface area contributed by atoms with Gasteiger partial charge in [0.05, 0.1) is 11.5 Å². The minimum absolute atomic E-state index is 0.254. The topological polar surface area (TPSA) is 75.7 Å². The quantitative estimate of drug-likeness (QED) is 0.636. The van der Waals surface area contributed by atoms with Crippen LogP contribution >= 0.6 is 11.8 Å². The van der Waals surface area contributed by atoms with Crippen molar-refractivity contribution in [3.63, 3.8) is 0 Å². The van der Waals surface area contributed by atoms with Gasteiger partial charge in [0.15, 0.2) is 0 Å². The van der Waals surface area contributed by atoms with Gasteiger partial charge in [-0.3, -0.25) is 19.3 Å². The first-order valence-corrected chi connectivity index (χ1v) is 10.7. The second kappa shape index (κ2) is 9.96. The van der Waals surface area contributed by atoms with Crippen molar-refractivity contribution in [2.75, 3.05) is 19.7 Å². The molecule has 1 N–H and O–H groups in total. The lowest BCUT2D eigenvalue weighted by atomic mass is 9.96. The van der Waals surface area contributed by atoms with E-state index in [-0.39, 0.29) is 18.4 Å². The molecule has 158 valence electrons. The van der Waals surface area contributed by atoms with Crippen molar-refractivity contribution in [3.05, 3.63) is 33.7 Å². The van der Waals surface area contributed by atoms with Crippen LogP contribution in [0.15, 0.2) is 17.0 Å². The van der Waals surface area contributed by atoms with Gasteiger partial charge >= 0.3 is 0 Å². The highest BCUT2D eigenvalue weighted by molar-refractivity contribution is 8.18. The first-order valence-electron chi connectivity index (χ1n) is 9.93. The summed E-state index contributed by atoms with van der Waals surface area (Å²) in [5.41, 5.74) is 2.88. The molecule has 1 aliphatic rings. The Morgan fingerprint density at radius 2 is 1.93 bits per heavy atom. The predicted octanol–water partition coefficient (Wildman–Crippen LogP) is 4.33. The highest BCUT2D eigenvalue weighted by Crippen LogP contribution is 2.35. The highest BCUT2D eigenvalue weighted by atomic mass is 32.2. The van der Waals surface area contributed by atoms with E-state index in [1.54, 1.807) is 6.08 Å².